The third-order valence-corrected chi connectivity index (χ3v) is 8.12. The molecule has 0 unspecified atom stereocenters. The molecule has 0 spiro atoms. The smallest absolute Gasteiger partial charge is 0.247 e. The van der Waals surface area contributed by atoms with Crippen LogP contribution in [0.3, 0.4) is 0 Å². The van der Waals surface area contributed by atoms with Gasteiger partial charge in [0.2, 0.25) is 23.8 Å². The Morgan fingerprint density at radius 3 is 2.33 bits per heavy atom. The molecule has 1 amide bonds. The third kappa shape index (κ3) is 12.1. The molecule has 4 rings (SSSR count). The summed E-state index contributed by atoms with van der Waals surface area (Å²) in [5.41, 5.74) is 6.68. The number of piperazine rings is 1. The standard InChI is InChI=1S/C32H53N11O5/c1-3-5-8-27-26-43(39-38-27)28(9-6-7-10-33)29(44)40-12-14-41(15-13-40)31-35-30(36-32(37-31)42-16-20-47-21-17-42)34-11-19-46-23-25-48-24-22-45-18-4-2/h2,26,28H,3,5-25,33H2,1H3,(H,34,35,36,37)/t28-/m0/s1. The number of unbranched alkanes of at least 4 members (excludes halogenated alkanes) is 2. The van der Waals surface area contributed by atoms with Crippen LogP contribution < -0.4 is 20.9 Å². The second-order valence-corrected chi connectivity index (χ2v) is 11.7. The molecule has 2 fully saturated rings. The Labute approximate surface area is 284 Å². The third-order valence-electron chi connectivity index (χ3n) is 8.12. The first-order valence-corrected chi connectivity index (χ1v) is 17.3. The molecule has 2 aromatic heterocycles. The van der Waals surface area contributed by atoms with E-state index in [0.717, 1.165) is 37.8 Å². The monoisotopic (exact) mass is 671 g/mol. The van der Waals surface area contributed by atoms with E-state index in [-0.39, 0.29) is 12.5 Å². The molecule has 266 valence electrons. The van der Waals surface area contributed by atoms with Crippen LogP contribution in [0.2, 0.25) is 0 Å². The van der Waals surface area contributed by atoms with E-state index in [2.05, 4.69) is 38.3 Å². The minimum Gasteiger partial charge on any atom is -0.378 e. The first-order chi connectivity index (χ1) is 23.6. The van der Waals surface area contributed by atoms with Gasteiger partial charge >= 0.3 is 0 Å². The van der Waals surface area contributed by atoms with Crippen LogP contribution >= 0.6 is 0 Å². The summed E-state index contributed by atoms with van der Waals surface area (Å²) in [7, 11) is 0. The Bertz CT molecular complexity index is 1250. The number of amides is 1. The second-order valence-electron chi connectivity index (χ2n) is 11.7. The zero-order valence-corrected chi connectivity index (χ0v) is 28.4. The number of aromatic nitrogens is 6. The van der Waals surface area contributed by atoms with Gasteiger partial charge in [-0.1, -0.05) is 24.5 Å². The molecular weight excluding hydrogens is 618 g/mol. The molecule has 0 aromatic carbocycles. The Kier molecular flexibility index (Phi) is 16.6. The number of aryl methyl sites for hydroxylation is 1. The van der Waals surface area contributed by atoms with Crippen LogP contribution in [0.4, 0.5) is 17.8 Å². The molecule has 2 aliphatic heterocycles. The van der Waals surface area contributed by atoms with Crippen molar-refractivity contribution in [3.8, 4) is 12.3 Å². The average Bonchev–Trinajstić information content (AvgIpc) is 3.60. The van der Waals surface area contributed by atoms with E-state index in [0.29, 0.717) is 123 Å². The number of hydrogen-bond donors (Lipinski definition) is 2. The predicted octanol–water partition coefficient (Wildman–Crippen LogP) is 0.756. The number of nitrogens with two attached hydrogens (primary N) is 1. The lowest BCUT2D eigenvalue weighted by Crippen LogP contribution is -2.51. The van der Waals surface area contributed by atoms with Gasteiger partial charge in [0.25, 0.3) is 0 Å². The van der Waals surface area contributed by atoms with Gasteiger partial charge in [-0.15, -0.1) is 11.5 Å². The van der Waals surface area contributed by atoms with Crippen molar-refractivity contribution in [3.05, 3.63) is 11.9 Å². The van der Waals surface area contributed by atoms with E-state index in [9.17, 15) is 4.79 Å². The summed E-state index contributed by atoms with van der Waals surface area (Å²) in [6.45, 7) is 10.8. The minimum absolute atomic E-state index is 0.0632. The van der Waals surface area contributed by atoms with E-state index >= 15 is 0 Å². The van der Waals surface area contributed by atoms with E-state index < -0.39 is 6.04 Å². The number of nitrogens with one attached hydrogen (secondary N) is 1. The maximum absolute atomic E-state index is 13.8. The highest BCUT2D eigenvalue weighted by molar-refractivity contribution is 5.80. The predicted molar refractivity (Wildman–Crippen MR) is 182 cm³/mol. The lowest BCUT2D eigenvalue weighted by atomic mass is 10.1. The highest BCUT2D eigenvalue weighted by atomic mass is 16.5. The lowest BCUT2D eigenvalue weighted by Gasteiger charge is -2.36. The van der Waals surface area contributed by atoms with E-state index in [1.54, 1.807) is 4.68 Å². The Hall–Kier alpha value is -3.62. The lowest BCUT2D eigenvalue weighted by molar-refractivity contribution is -0.135. The van der Waals surface area contributed by atoms with Crippen LogP contribution in [0.5, 0.6) is 0 Å². The van der Waals surface area contributed by atoms with E-state index in [1.807, 2.05) is 11.1 Å². The fraction of sp³-hybridized carbons (Fsp3) is 0.750. The molecule has 3 N–H and O–H groups in total. The van der Waals surface area contributed by atoms with Crippen molar-refractivity contribution < 1.29 is 23.7 Å². The molecule has 4 heterocycles. The Morgan fingerprint density at radius 1 is 0.958 bits per heavy atom. The van der Waals surface area contributed by atoms with Gasteiger partial charge in [-0.2, -0.15) is 15.0 Å². The molecular formula is C32H53N11O5. The molecule has 0 bridgehead atoms. The van der Waals surface area contributed by atoms with Crippen LogP contribution in [0, 0.1) is 12.3 Å². The number of carbonyl (C=O) groups excluding carboxylic acids is 1. The number of ether oxygens (including phenoxy) is 4. The average molecular weight is 672 g/mol. The summed E-state index contributed by atoms with van der Waals surface area (Å²) >= 11 is 0. The maximum atomic E-state index is 13.8. The number of terminal acetylenes is 1. The SMILES string of the molecule is C#CCOCCOCCOCCNc1nc(N2CCOCC2)nc(N2CCN(C(=O)[C@H](CCCCN)n3cc(CCCC)nn3)CC2)n1. The van der Waals surface area contributed by atoms with Gasteiger partial charge in [0.05, 0.1) is 51.9 Å². The van der Waals surface area contributed by atoms with Crippen LogP contribution in [-0.2, 0) is 30.2 Å². The second kappa shape index (κ2) is 21.4. The summed E-state index contributed by atoms with van der Waals surface area (Å²) < 4.78 is 23.6. The van der Waals surface area contributed by atoms with Crippen LogP contribution in [0.25, 0.3) is 0 Å². The Balaban J connectivity index is 1.33. The van der Waals surface area contributed by atoms with Gasteiger partial charge in [0.1, 0.15) is 12.6 Å². The number of nitrogens with zero attached hydrogens (tertiary/aromatic N) is 9. The largest absolute Gasteiger partial charge is 0.378 e. The zero-order valence-electron chi connectivity index (χ0n) is 28.4. The normalized spacial score (nSPS) is 15.8. The van der Waals surface area contributed by atoms with Crippen molar-refractivity contribution in [3.63, 3.8) is 0 Å². The van der Waals surface area contributed by atoms with Crippen molar-refractivity contribution in [2.45, 2.75) is 51.5 Å². The first kappa shape index (κ1) is 37.2. The van der Waals surface area contributed by atoms with E-state index in [4.69, 9.17) is 46.1 Å². The van der Waals surface area contributed by atoms with Crippen LogP contribution in [0.15, 0.2) is 6.20 Å². The van der Waals surface area contributed by atoms with Crippen molar-refractivity contribution in [2.75, 3.05) is 120 Å². The minimum atomic E-state index is -0.395. The highest BCUT2D eigenvalue weighted by Gasteiger charge is 2.30. The van der Waals surface area contributed by atoms with Crippen LogP contribution in [0.1, 0.15) is 50.8 Å². The fourth-order valence-electron chi connectivity index (χ4n) is 5.41. The molecule has 48 heavy (non-hydrogen) atoms. The van der Waals surface area contributed by atoms with E-state index in [1.165, 1.54) is 0 Å². The molecule has 2 aliphatic rings. The number of carbonyl (C=O) groups is 1. The first-order valence-electron chi connectivity index (χ1n) is 17.3. The molecule has 1 atom stereocenters. The van der Waals surface area contributed by atoms with Gasteiger partial charge in [-0.05, 0) is 38.6 Å². The number of hydrogen-bond acceptors (Lipinski definition) is 14. The molecule has 0 saturated carbocycles. The number of morpholine rings is 1. The van der Waals surface area contributed by atoms with Crippen molar-refractivity contribution in [2.24, 2.45) is 5.73 Å². The molecule has 16 heteroatoms. The summed E-state index contributed by atoms with van der Waals surface area (Å²) in [4.78, 5) is 34.3. The molecule has 2 aromatic rings. The molecule has 16 nitrogen and oxygen atoms in total. The maximum Gasteiger partial charge on any atom is 0.247 e. The van der Waals surface area contributed by atoms with Gasteiger partial charge in [-0.25, -0.2) is 4.68 Å². The number of anilines is 3. The highest BCUT2D eigenvalue weighted by Crippen LogP contribution is 2.22. The van der Waals surface area contributed by atoms with Crippen molar-refractivity contribution >= 4 is 23.8 Å². The molecule has 0 radical (unpaired) electrons. The summed E-state index contributed by atoms with van der Waals surface area (Å²) in [6.07, 6.45) is 12.5. The molecule has 0 aliphatic carbocycles. The quantitative estimate of drug-likeness (QED) is 0.133. The fourth-order valence-corrected chi connectivity index (χ4v) is 5.41. The summed E-state index contributed by atoms with van der Waals surface area (Å²) in [5, 5.41) is 12.0. The summed E-state index contributed by atoms with van der Waals surface area (Å²) in [6, 6.07) is -0.395. The summed E-state index contributed by atoms with van der Waals surface area (Å²) in [5.74, 6) is 4.16. The zero-order chi connectivity index (χ0) is 33.8. The topological polar surface area (TPSA) is 171 Å². The van der Waals surface area contributed by atoms with Gasteiger partial charge in [-0.3, -0.25) is 4.79 Å². The van der Waals surface area contributed by atoms with Crippen LogP contribution in [-0.4, -0.2) is 146 Å². The Morgan fingerprint density at radius 2 is 1.65 bits per heavy atom. The number of rotatable bonds is 22. The van der Waals surface area contributed by atoms with Gasteiger partial charge in [0, 0.05) is 52.0 Å². The van der Waals surface area contributed by atoms with Gasteiger partial charge < -0.3 is 44.7 Å². The molecule has 2 saturated heterocycles. The van der Waals surface area contributed by atoms with Crippen molar-refractivity contribution in [1.82, 2.24) is 34.8 Å². The van der Waals surface area contributed by atoms with Crippen molar-refractivity contribution in [1.29, 1.82) is 0 Å². The van der Waals surface area contributed by atoms with Gasteiger partial charge in [0.15, 0.2) is 0 Å².